The molecular weight excluding hydrogens is 362 g/mol. The van der Waals surface area contributed by atoms with Gasteiger partial charge in [-0.1, -0.05) is 6.92 Å². The summed E-state index contributed by atoms with van der Waals surface area (Å²) in [4.78, 5) is 25.2. The highest BCUT2D eigenvalue weighted by Crippen LogP contribution is 2.18. The maximum absolute atomic E-state index is 12.3. The number of furan rings is 1. The predicted molar refractivity (Wildman–Crippen MR) is 102 cm³/mol. The van der Waals surface area contributed by atoms with Gasteiger partial charge in [-0.05, 0) is 42.9 Å². The van der Waals surface area contributed by atoms with Gasteiger partial charge in [0, 0.05) is 18.3 Å². The second-order valence-corrected chi connectivity index (χ2v) is 6.09. The molecule has 2 heterocycles. The molecule has 0 spiro atoms. The Balaban J connectivity index is 1.54. The summed E-state index contributed by atoms with van der Waals surface area (Å²) in [6.45, 7) is 4.53. The molecule has 0 aliphatic rings. The second-order valence-electron chi connectivity index (χ2n) is 6.09. The minimum Gasteiger partial charge on any atom is -0.459 e. The fourth-order valence-electron chi connectivity index (χ4n) is 2.53. The van der Waals surface area contributed by atoms with Crippen molar-refractivity contribution >= 4 is 23.2 Å². The summed E-state index contributed by atoms with van der Waals surface area (Å²) in [5, 5.41) is 13.5. The van der Waals surface area contributed by atoms with Gasteiger partial charge < -0.3 is 19.5 Å². The molecule has 0 saturated heterocycles. The third-order valence-corrected chi connectivity index (χ3v) is 3.86. The Hall–Kier alpha value is -3.46. The van der Waals surface area contributed by atoms with Gasteiger partial charge in [0.1, 0.15) is 0 Å². The van der Waals surface area contributed by atoms with Crippen LogP contribution in [-0.4, -0.2) is 40.0 Å². The van der Waals surface area contributed by atoms with Crippen molar-refractivity contribution in [2.75, 3.05) is 23.7 Å². The maximum atomic E-state index is 12.3. The number of hydrogen-bond donors (Lipinski definition) is 2. The number of nitrogens with one attached hydrogen (secondary N) is 2. The average molecular weight is 383 g/mol. The van der Waals surface area contributed by atoms with E-state index in [9.17, 15) is 9.59 Å². The highest BCUT2D eigenvalue weighted by molar-refractivity contribution is 5.93. The molecule has 0 fully saturated rings. The molecule has 0 aliphatic heterocycles. The van der Waals surface area contributed by atoms with Crippen molar-refractivity contribution in [2.24, 2.45) is 0 Å². The van der Waals surface area contributed by atoms with E-state index in [0.29, 0.717) is 42.0 Å². The average Bonchev–Trinajstić information content (AvgIpc) is 3.34. The number of anilines is 2. The van der Waals surface area contributed by atoms with Gasteiger partial charge >= 0.3 is 0 Å². The van der Waals surface area contributed by atoms with Crippen LogP contribution in [0.15, 0.2) is 51.5 Å². The number of hydrogen-bond acceptors (Lipinski definition) is 7. The number of rotatable bonds is 8. The highest BCUT2D eigenvalue weighted by Gasteiger charge is 2.16. The molecule has 0 radical (unpaired) electrons. The van der Waals surface area contributed by atoms with E-state index in [1.807, 2.05) is 11.8 Å². The second kappa shape index (κ2) is 8.96. The van der Waals surface area contributed by atoms with Gasteiger partial charge in [-0.3, -0.25) is 14.5 Å². The Bertz CT molecular complexity index is 918. The lowest BCUT2D eigenvalue weighted by atomic mass is 10.2. The largest absolute Gasteiger partial charge is 0.459 e. The zero-order valence-corrected chi connectivity index (χ0v) is 15.6. The van der Waals surface area contributed by atoms with Crippen LogP contribution in [0.25, 0.3) is 11.7 Å². The molecule has 0 unspecified atom stereocenters. The van der Waals surface area contributed by atoms with Crippen molar-refractivity contribution in [3.05, 3.63) is 48.6 Å². The third kappa shape index (κ3) is 5.27. The molecule has 3 rings (SSSR count). The molecule has 28 heavy (non-hydrogen) atoms. The van der Waals surface area contributed by atoms with E-state index in [1.54, 1.807) is 36.4 Å². The van der Waals surface area contributed by atoms with Gasteiger partial charge in [-0.15, -0.1) is 10.2 Å². The summed E-state index contributed by atoms with van der Waals surface area (Å²) in [6, 6.07) is 10.4. The lowest BCUT2D eigenvalue weighted by Crippen LogP contribution is -2.32. The number of benzene rings is 1. The maximum Gasteiger partial charge on any atom is 0.283 e. The molecule has 2 aromatic heterocycles. The lowest BCUT2D eigenvalue weighted by Gasteiger charge is -2.17. The van der Waals surface area contributed by atoms with E-state index in [-0.39, 0.29) is 18.4 Å². The van der Waals surface area contributed by atoms with E-state index in [1.165, 1.54) is 13.2 Å². The molecule has 0 atom stereocenters. The fraction of sp³-hybridized carbons (Fsp3) is 0.263. The normalized spacial score (nSPS) is 10.8. The van der Waals surface area contributed by atoms with Crippen molar-refractivity contribution < 1.29 is 18.4 Å². The van der Waals surface area contributed by atoms with Crippen LogP contribution in [0.1, 0.15) is 19.7 Å². The smallest absolute Gasteiger partial charge is 0.283 e. The molecule has 9 heteroatoms. The minimum atomic E-state index is -0.167. The van der Waals surface area contributed by atoms with Crippen LogP contribution in [0.4, 0.5) is 11.4 Å². The lowest BCUT2D eigenvalue weighted by molar-refractivity contribution is -0.117. The van der Waals surface area contributed by atoms with Crippen LogP contribution in [0.5, 0.6) is 0 Å². The molecular formula is C19H21N5O4. The third-order valence-electron chi connectivity index (χ3n) is 3.86. The Morgan fingerprint density at radius 1 is 1.07 bits per heavy atom. The van der Waals surface area contributed by atoms with Gasteiger partial charge in [0.05, 0.1) is 19.4 Å². The Kier molecular flexibility index (Phi) is 6.18. The van der Waals surface area contributed by atoms with Crippen molar-refractivity contribution in [1.29, 1.82) is 0 Å². The molecule has 9 nitrogen and oxygen atoms in total. The predicted octanol–water partition coefficient (Wildman–Crippen LogP) is 2.75. The summed E-state index contributed by atoms with van der Waals surface area (Å²) in [5.41, 5.74) is 1.32. The number of aromatic nitrogens is 2. The highest BCUT2D eigenvalue weighted by atomic mass is 16.4. The van der Waals surface area contributed by atoms with Crippen LogP contribution >= 0.6 is 0 Å². The van der Waals surface area contributed by atoms with E-state index in [4.69, 9.17) is 8.83 Å². The number of carbonyl (C=O) groups is 2. The first-order valence-electron chi connectivity index (χ1n) is 8.79. The topological polar surface area (TPSA) is 114 Å². The van der Waals surface area contributed by atoms with Crippen LogP contribution in [-0.2, 0) is 16.1 Å². The van der Waals surface area contributed by atoms with Crippen LogP contribution in [0, 0.1) is 0 Å². The summed E-state index contributed by atoms with van der Waals surface area (Å²) in [6.07, 6.45) is 1.53. The number of carbonyl (C=O) groups excluding carboxylic acids is 2. The summed E-state index contributed by atoms with van der Waals surface area (Å²) < 4.78 is 10.8. The first-order valence-corrected chi connectivity index (χ1v) is 8.79. The van der Waals surface area contributed by atoms with E-state index in [0.717, 1.165) is 0 Å². The van der Waals surface area contributed by atoms with Crippen molar-refractivity contribution in [2.45, 2.75) is 20.4 Å². The van der Waals surface area contributed by atoms with Gasteiger partial charge in [0.15, 0.2) is 5.76 Å². The molecule has 1 aromatic carbocycles. The first kappa shape index (κ1) is 19.3. The van der Waals surface area contributed by atoms with Gasteiger partial charge in [-0.25, -0.2) is 0 Å². The zero-order valence-electron chi connectivity index (χ0n) is 15.6. The van der Waals surface area contributed by atoms with Crippen molar-refractivity contribution in [3.63, 3.8) is 0 Å². The Morgan fingerprint density at radius 2 is 1.79 bits per heavy atom. The fourth-order valence-corrected chi connectivity index (χ4v) is 2.53. The Morgan fingerprint density at radius 3 is 2.39 bits per heavy atom. The van der Waals surface area contributed by atoms with Gasteiger partial charge in [0.25, 0.3) is 5.89 Å². The molecule has 0 bridgehead atoms. The standard InChI is InChI=1S/C19H21N5O4/c1-3-24(12-18-22-23-19(28-18)16-5-4-10-27-16)11-17(26)21-15-8-6-14(7-9-15)20-13(2)25/h4-10H,3,11-12H2,1-2H3,(H,20,25)(H,21,26). The van der Waals surface area contributed by atoms with Gasteiger partial charge in [0.2, 0.25) is 17.7 Å². The molecule has 2 N–H and O–H groups in total. The van der Waals surface area contributed by atoms with Gasteiger partial charge in [-0.2, -0.15) is 0 Å². The summed E-state index contributed by atoms with van der Waals surface area (Å²) in [7, 11) is 0. The quantitative estimate of drug-likeness (QED) is 0.615. The van der Waals surface area contributed by atoms with Crippen LogP contribution in [0.2, 0.25) is 0 Å². The van der Waals surface area contributed by atoms with E-state index in [2.05, 4.69) is 20.8 Å². The number of likely N-dealkylation sites (N-methyl/N-ethyl adjacent to an activating group) is 1. The first-order chi connectivity index (χ1) is 13.5. The van der Waals surface area contributed by atoms with Crippen molar-refractivity contribution in [1.82, 2.24) is 15.1 Å². The molecule has 2 amide bonds. The summed E-state index contributed by atoms with van der Waals surface area (Å²) in [5.74, 6) is 0.897. The summed E-state index contributed by atoms with van der Waals surface area (Å²) >= 11 is 0. The monoisotopic (exact) mass is 383 g/mol. The van der Waals surface area contributed by atoms with E-state index < -0.39 is 0 Å². The number of amides is 2. The Labute approximate surface area is 161 Å². The number of nitrogens with zero attached hydrogens (tertiary/aromatic N) is 3. The van der Waals surface area contributed by atoms with Crippen LogP contribution < -0.4 is 10.6 Å². The molecule has 0 aliphatic carbocycles. The SMILES string of the molecule is CCN(CC(=O)Nc1ccc(NC(C)=O)cc1)Cc1nnc(-c2ccco2)o1. The molecule has 3 aromatic rings. The molecule has 146 valence electrons. The van der Waals surface area contributed by atoms with Crippen LogP contribution in [0.3, 0.4) is 0 Å². The zero-order chi connectivity index (χ0) is 19.9. The molecule has 0 saturated carbocycles. The van der Waals surface area contributed by atoms with E-state index >= 15 is 0 Å². The minimum absolute atomic E-state index is 0.147. The van der Waals surface area contributed by atoms with Crippen molar-refractivity contribution in [3.8, 4) is 11.7 Å².